The van der Waals surface area contributed by atoms with Crippen LogP contribution in [0.25, 0.3) is 5.69 Å². The van der Waals surface area contributed by atoms with E-state index in [0.717, 1.165) is 33.8 Å². The number of aromatic nitrogens is 3. The Morgan fingerprint density at radius 1 is 1.04 bits per heavy atom. The summed E-state index contributed by atoms with van der Waals surface area (Å²) >= 11 is 1.22. The van der Waals surface area contributed by atoms with E-state index in [0.29, 0.717) is 17.4 Å². The molecule has 1 atom stereocenters. The van der Waals surface area contributed by atoms with Crippen LogP contribution in [-0.2, 0) is 11.3 Å². The van der Waals surface area contributed by atoms with Crippen molar-refractivity contribution in [1.82, 2.24) is 25.1 Å². The summed E-state index contributed by atoms with van der Waals surface area (Å²) in [6.45, 7) is 2.06. The van der Waals surface area contributed by atoms with Gasteiger partial charge in [0.25, 0.3) is 11.8 Å². The Morgan fingerprint density at radius 2 is 1.84 bits per heavy atom. The number of hydrogen-bond acceptors (Lipinski definition) is 8. The SMILES string of the molecule is COc1ccc(C2=NN(C(=O)CSc3nnc(CNC(=O)c4ccco4)n3-c3cccc(C)c3)[C@H](c3ccc(F)cc3)C2)cc1. The fourth-order valence-electron chi connectivity index (χ4n) is 5.02. The molecule has 1 aliphatic heterocycles. The maximum absolute atomic E-state index is 13.8. The van der Waals surface area contributed by atoms with Crippen LogP contribution < -0.4 is 10.1 Å². The number of rotatable bonds is 10. The Hall–Kier alpha value is -5.23. The molecule has 5 aromatic rings. The highest BCUT2D eigenvalue weighted by atomic mass is 32.2. The summed E-state index contributed by atoms with van der Waals surface area (Å²) in [6, 6.07) is 24.2. The molecule has 6 rings (SSSR count). The van der Waals surface area contributed by atoms with Gasteiger partial charge in [-0.05, 0) is 84.3 Å². The van der Waals surface area contributed by atoms with Crippen molar-refractivity contribution in [1.29, 1.82) is 0 Å². The van der Waals surface area contributed by atoms with Gasteiger partial charge in [0.2, 0.25) is 0 Å². The lowest BCUT2D eigenvalue weighted by molar-refractivity contribution is -0.130. The van der Waals surface area contributed by atoms with Crippen molar-refractivity contribution in [2.24, 2.45) is 5.10 Å². The number of nitrogens with zero attached hydrogens (tertiary/aromatic N) is 5. The molecule has 3 heterocycles. The topological polar surface area (TPSA) is 115 Å². The number of hydrazone groups is 1. The lowest BCUT2D eigenvalue weighted by Crippen LogP contribution is -2.28. The third kappa shape index (κ3) is 6.65. The molecule has 2 amide bonds. The largest absolute Gasteiger partial charge is 0.497 e. The van der Waals surface area contributed by atoms with Crippen LogP contribution in [0.5, 0.6) is 5.75 Å². The number of methoxy groups -OCH3 is 1. The van der Waals surface area contributed by atoms with Crippen molar-refractivity contribution >= 4 is 29.3 Å². The molecule has 0 aliphatic carbocycles. The zero-order chi connectivity index (χ0) is 31.3. The second-order valence-corrected chi connectivity index (χ2v) is 11.2. The van der Waals surface area contributed by atoms with E-state index in [9.17, 15) is 14.0 Å². The monoisotopic (exact) mass is 624 g/mol. The first-order chi connectivity index (χ1) is 21.9. The number of carbonyl (C=O) groups excluding carboxylic acids is 2. The van der Waals surface area contributed by atoms with Gasteiger partial charge in [0.05, 0.1) is 37.4 Å². The molecule has 0 radical (unpaired) electrons. The summed E-state index contributed by atoms with van der Waals surface area (Å²) < 4.78 is 26.0. The summed E-state index contributed by atoms with van der Waals surface area (Å²) in [5.41, 5.74) is 4.20. The van der Waals surface area contributed by atoms with E-state index in [1.807, 2.05) is 60.0 Å². The zero-order valence-corrected chi connectivity index (χ0v) is 25.3. The molecule has 228 valence electrons. The van der Waals surface area contributed by atoms with Crippen LogP contribution in [0, 0.1) is 12.7 Å². The van der Waals surface area contributed by atoms with E-state index in [1.165, 1.54) is 35.2 Å². The van der Waals surface area contributed by atoms with Crippen molar-refractivity contribution in [3.63, 3.8) is 0 Å². The molecule has 1 N–H and O–H groups in total. The minimum atomic E-state index is -0.405. The second kappa shape index (κ2) is 13.2. The highest BCUT2D eigenvalue weighted by Crippen LogP contribution is 2.34. The van der Waals surface area contributed by atoms with Gasteiger partial charge in [-0.15, -0.1) is 10.2 Å². The molecule has 0 unspecified atom stereocenters. The summed E-state index contributed by atoms with van der Waals surface area (Å²) in [5.74, 6) is 0.425. The summed E-state index contributed by atoms with van der Waals surface area (Å²) in [6.07, 6.45) is 1.90. The molecule has 10 nitrogen and oxygen atoms in total. The molecule has 0 saturated heterocycles. The number of benzene rings is 3. The lowest BCUT2D eigenvalue weighted by atomic mass is 9.98. The van der Waals surface area contributed by atoms with Gasteiger partial charge >= 0.3 is 0 Å². The number of amides is 2. The Morgan fingerprint density at radius 3 is 2.56 bits per heavy atom. The lowest BCUT2D eigenvalue weighted by Gasteiger charge is -2.22. The van der Waals surface area contributed by atoms with Crippen molar-refractivity contribution in [3.8, 4) is 11.4 Å². The number of halogens is 1. The number of carbonyl (C=O) groups is 2. The number of nitrogens with one attached hydrogen (secondary N) is 1. The van der Waals surface area contributed by atoms with Crippen molar-refractivity contribution in [3.05, 3.63) is 125 Å². The maximum Gasteiger partial charge on any atom is 0.287 e. The predicted octanol–water partition coefficient (Wildman–Crippen LogP) is 5.72. The van der Waals surface area contributed by atoms with E-state index in [-0.39, 0.29) is 35.7 Å². The van der Waals surface area contributed by atoms with Crippen LogP contribution in [0.3, 0.4) is 0 Å². The van der Waals surface area contributed by atoms with Crippen molar-refractivity contribution < 1.29 is 23.1 Å². The van der Waals surface area contributed by atoms with Crippen LogP contribution in [-0.4, -0.2) is 50.2 Å². The fraction of sp³-hybridized carbons (Fsp3) is 0.182. The maximum atomic E-state index is 13.8. The number of thioether (sulfide) groups is 1. The molecule has 3 aromatic carbocycles. The van der Waals surface area contributed by atoms with Crippen LogP contribution in [0.2, 0.25) is 0 Å². The minimum Gasteiger partial charge on any atom is -0.497 e. The molecular formula is C33H29FN6O4S. The number of aryl methyl sites for hydroxylation is 1. The normalized spacial score (nSPS) is 14.3. The molecular weight excluding hydrogens is 595 g/mol. The molecule has 12 heteroatoms. The van der Waals surface area contributed by atoms with Crippen molar-refractivity contribution in [2.45, 2.75) is 31.1 Å². The highest BCUT2D eigenvalue weighted by Gasteiger charge is 2.33. The van der Waals surface area contributed by atoms with Gasteiger partial charge in [0, 0.05) is 12.1 Å². The minimum absolute atomic E-state index is 0.0137. The first-order valence-corrected chi connectivity index (χ1v) is 15.1. The van der Waals surface area contributed by atoms with Gasteiger partial charge in [-0.3, -0.25) is 14.2 Å². The van der Waals surface area contributed by atoms with Gasteiger partial charge in [0.15, 0.2) is 16.7 Å². The van der Waals surface area contributed by atoms with E-state index in [1.54, 1.807) is 31.4 Å². The standard InChI is InChI=1S/C33H29FN6O4S/c1-21-5-3-6-25(17-21)39-30(19-35-32(42)29-7-4-16-44-29)36-37-33(39)45-20-31(41)40-28(23-8-12-24(34)13-9-23)18-27(38-40)22-10-14-26(43-2)15-11-22/h3-17,28H,18-20H2,1-2H3,(H,35,42)/t28-/m0/s1. The average molecular weight is 625 g/mol. The van der Waals surface area contributed by atoms with Crippen LogP contribution in [0.4, 0.5) is 4.39 Å². The Bertz CT molecular complexity index is 1840. The highest BCUT2D eigenvalue weighted by molar-refractivity contribution is 7.99. The predicted molar refractivity (Wildman–Crippen MR) is 167 cm³/mol. The molecule has 0 saturated carbocycles. The molecule has 0 fully saturated rings. The molecule has 2 aromatic heterocycles. The van der Waals surface area contributed by atoms with Gasteiger partial charge in [0.1, 0.15) is 11.6 Å². The van der Waals surface area contributed by atoms with Crippen LogP contribution >= 0.6 is 11.8 Å². The number of furan rings is 1. The second-order valence-electron chi connectivity index (χ2n) is 10.3. The first kappa shape index (κ1) is 29.8. The smallest absolute Gasteiger partial charge is 0.287 e. The van der Waals surface area contributed by atoms with Gasteiger partial charge in [-0.25, -0.2) is 9.40 Å². The third-order valence-electron chi connectivity index (χ3n) is 7.28. The van der Waals surface area contributed by atoms with E-state index in [2.05, 4.69) is 15.5 Å². The summed E-state index contributed by atoms with van der Waals surface area (Å²) in [5, 5.41) is 18.2. The van der Waals surface area contributed by atoms with Gasteiger partial charge in [-0.1, -0.05) is 36.0 Å². The van der Waals surface area contributed by atoms with Crippen LogP contribution in [0.1, 0.15) is 45.5 Å². The van der Waals surface area contributed by atoms with E-state index in [4.69, 9.17) is 14.3 Å². The zero-order valence-electron chi connectivity index (χ0n) is 24.5. The first-order valence-electron chi connectivity index (χ1n) is 14.1. The Kier molecular flexibility index (Phi) is 8.74. The molecule has 45 heavy (non-hydrogen) atoms. The Labute approximate surface area is 262 Å². The number of ether oxygens (including phenoxy) is 1. The molecule has 0 bridgehead atoms. The third-order valence-corrected chi connectivity index (χ3v) is 8.19. The van der Waals surface area contributed by atoms with E-state index >= 15 is 0 Å². The average Bonchev–Trinajstić information content (AvgIpc) is 3.83. The van der Waals surface area contributed by atoms with Crippen LogP contribution in [0.15, 0.2) is 106 Å². The molecule has 0 spiro atoms. The molecule has 1 aliphatic rings. The summed E-state index contributed by atoms with van der Waals surface area (Å²) in [7, 11) is 1.60. The summed E-state index contributed by atoms with van der Waals surface area (Å²) in [4.78, 5) is 26.3. The quantitative estimate of drug-likeness (QED) is 0.198. The van der Waals surface area contributed by atoms with Crippen molar-refractivity contribution in [2.75, 3.05) is 12.9 Å². The van der Waals surface area contributed by atoms with E-state index < -0.39 is 6.04 Å². The van der Waals surface area contributed by atoms with Gasteiger partial charge in [-0.2, -0.15) is 5.10 Å². The van der Waals surface area contributed by atoms with Gasteiger partial charge < -0.3 is 14.5 Å². The fourth-order valence-corrected chi connectivity index (χ4v) is 5.85. The Balaban J connectivity index is 1.25. The number of hydrogen-bond donors (Lipinski definition) is 1.